The molecule has 0 heterocycles. The number of halogens is 2. The predicted octanol–water partition coefficient (Wildman–Crippen LogP) is 2.64. The molecule has 1 rings (SSSR count). The van der Waals surface area contributed by atoms with Crippen LogP contribution in [0.1, 0.15) is 31.9 Å². The van der Waals surface area contributed by atoms with E-state index in [1.54, 1.807) is 0 Å². The molecule has 0 saturated heterocycles. The van der Waals surface area contributed by atoms with Crippen molar-refractivity contribution in [1.82, 2.24) is 5.32 Å². The average Bonchev–Trinajstić information content (AvgIpc) is 2.35. The fourth-order valence-electron chi connectivity index (χ4n) is 1.83. The van der Waals surface area contributed by atoms with Crippen LogP contribution in [0.2, 0.25) is 10.0 Å². The van der Waals surface area contributed by atoms with Crippen LogP contribution in [0.25, 0.3) is 0 Å². The SMILES string of the molecule is CC(C)CC(NC(=O)C(O)c1cc(Cl)cc(Cl)c1)C(=O)O. The van der Waals surface area contributed by atoms with Crippen molar-refractivity contribution in [2.24, 2.45) is 5.92 Å². The molecule has 2 atom stereocenters. The molecule has 21 heavy (non-hydrogen) atoms. The van der Waals surface area contributed by atoms with Crippen molar-refractivity contribution >= 4 is 35.1 Å². The van der Waals surface area contributed by atoms with Gasteiger partial charge in [-0.1, -0.05) is 37.0 Å². The first-order valence-electron chi connectivity index (χ1n) is 6.38. The van der Waals surface area contributed by atoms with Crippen LogP contribution in [0.15, 0.2) is 18.2 Å². The summed E-state index contributed by atoms with van der Waals surface area (Å²) < 4.78 is 0. The van der Waals surface area contributed by atoms with Gasteiger partial charge >= 0.3 is 5.97 Å². The number of hydrogen-bond donors (Lipinski definition) is 3. The third-order valence-corrected chi connectivity index (χ3v) is 3.21. The van der Waals surface area contributed by atoms with Crippen molar-refractivity contribution < 1.29 is 19.8 Å². The maximum Gasteiger partial charge on any atom is 0.326 e. The zero-order valence-corrected chi connectivity index (χ0v) is 13.1. The number of rotatable bonds is 6. The topological polar surface area (TPSA) is 86.6 Å². The Hall–Kier alpha value is -1.30. The molecular formula is C14H17Cl2NO4. The molecule has 1 amide bonds. The highest BCUT2D eigenvalue weighted by Crippen LogP contribution is 2.24. The van der Waals surface area contributed by atoms with Crippen LogP contribution in [-0.2, 0) is 9.59 Å². The van der Waals surface area contributed by atoms with E-state index in [0.717, 1.165) is 0 Å². The number of carbonyl (C=O) groups excluding carboxylic acids is 1. The van der Waals surface area contributed by atoms with Gasteiger partial charge in [-0.05, 0) is 36.1 Å². The van der Waals surface area contributed by atoms with Crippen LogP contribution in [-0.4, -0.2) is 28.1 Å². The molecule has 1 aromatic carbocycles. The number of carboxylic acid groups (broad SMARTS) is 1. The molecule has 5 nitrogen and oxygen atoms in total. The molecule has 0 fully saturated rings. The van der Waals surface area contributed by atoms with Gasteiger partial charge in [0.05, 0.1) is 0 Å². The average molecular weight is 334 g/mol. The molecule has 2 unspecified atom stereocenters. The Morgan fingerprint density at radius 3 is 2.14 bits per heavy atom. The van der Waals surface area contributed by atoms with Gasteiger partial charge in [-0.15, -0.1) is 0 Å². The Kier molecular flexibility index (Phi) is 6.45. The van der Waals surface area contributed by atoms with Crippen molar-refractivity contribution in [2.75, 3.05) is 0 Å². The van der Waals surface area contributed by atoms with E-state index in [1.165, 1.54) is 18.2 Å². The molecule has 1 aromatic rings. The number of hydrogen-bond acceptors (Lipinski definition) is 3. The summed E-state index contributed by atoms with van der Waals surface area (Å²) in [5.74, 6) is -1.86. The van der Waals surface area contributed by atoms with Crippen LogP contribution >= 0.6 is 23.2 Å². The Morgan fingerprint density at radius 2 is 1.71 bits per heavy atom. The third-order valence-electron chi connectivity index (χ3n) is 2.77. The van der Waals surface area contributed by atoms with Crippen LogP contribution in [0.3, 0.4) is 0 Å². The molecule has 0 aliphatic carbocycles. The molecule has 0 aliphatic heterocycles. The minimum absolute atomic E-state index is 0.0872. The molecule has 7 heteroatoms. The highest BCUT2D eigenvalue weighted by atomic mass is 35.5. The summed E-state index contributed by atoms with van der Waals surface area (Å²) in [6.07, 6.45) is -1.26. The summed E-state index contributed by atoms with van der Waals surface area (Å²) >= 11 is 11.6. The van der Waals surface area contributed by atoms with E-state index in [9.17, 15) is 14.7 Å². The number of aliphatic hydroxyl groups excluding tert-OH is 1. The first-order valence-corrected chi connectivity index (χ1v) is 7.13. The fourth-order valence-corrected chi connectivity index (χ4v) is 2.37. The number of carboxylic acids is 1. The van der Waals surface area contributed by atoms with Crippen molar-refractivity contribution in [2.45, 2.75) is 32.4 Å². The monoisotopic (exact) mass is 333 g/mol. The largest absolute Gasteiger partial charge is 0.480 e. The smallest absolute Gasteiger partial charge is 0.326 e. The Labute approximate surface area is 132 Å². The normalized spacial score (nSPS) is 13.8. The quantitative estimate of drug-likeness (QED) is 0.746. The van der Waals surface area contributed by atoms with Gasteiger partial charge in [-0.25, -0.2) is 4.79 Å². The number of benzene rings is 1. The lowest BCUT2D eigenvalue weighted by atomic mass is 10.0. The van der Waals surface area contributed by atoms with Gasteiger partial charge in [-0.2, -0.15) is 0 Å². The van der Waals surface area contributed by atoms with E-state index in [1.807, 2.05) is 13.8 Å². The maximum atomic E-state index is 12.0. The molecule has 0 aliphatic rings. The second-order valence-corrected chi connectivity index (χ2v) is 6.01. The van der Waals surface area contributed by atoms with Gasteiger partial charge < -0.3 is 15.5 Å². The van der Waals surface area contributed by atoms with Gasteiger partial charge in [0.15, 0.2) is 6.10 Å². The zero-order chi connectivity index (χ0) is 16.2. The van der Waals surface area contributed by atoms with E-state index in [0.29, 0.717) is 0 Å². The first-order chi connectivity index (χ1) is 9.70. The lowest BCUT2D eigenvalue weighted by Gasteiger charge is -2.19. The molecule has 0 radical (unpaired) electrons. The molecule has 0 aromatic heterocycles. The van der Waals surface area contributed by atoms with Gasteiger partial charge in [0, 0.05) is 10.0 Å². The number of amides is 1. The van der Waals surface area contributed by atoms with E-state index >= 15 is 0 Å². The summed E-state index contributed by atoms with van der Waals surface area (Å²) in [6, 6.07) is 3.21. The molecule has 3 N–H and O–H groups in total. The van der Waals surface area contributed by atoms with E-state index in [-0.39, 0.29) is 27.9 Å². The Balaban J connectivity index is 2.83. The first kappa shape index (κ1) is 17.8. The second-order valence-electron chi connectivity index (χ2n) is 5.13. The van der Waals surface area contributed by atoms with Gasteiger partial charge in [-0.3, -0.25) is 4.79 Å². The lowest BCUT2D eigenvalue weighted by molar-refractivity contribution is -0.144. The molecule has 116 valence electrons. The van der Waals surface area contributed by atoms with Gasteiger partial charge in [0.25, 0.3) is 5.91 Å². The highest BCUT2D eigenvalue weighted by Gasteiger charge is 2.25. The highest BCUT2D eigenvalue weighted by molar-refractivity contribution is 6.34. The van der Waals surface area contributed by atoms with Crippen LogP contribution in [0.5, 0.6) is 0 Å². The van der Waals surface area contributed by atoms with Crippen molar-refractivity contribution in [3.05, 3.63) is 33.8 Å². The number of aliphatic hydroxyl groups is 1. The number of nitrogens with one attached hydrogen (secondary N) is 1. The molecule has 0 spiro atoms. The maximum absolute atomic E-state index is 12.0. The summed E-state index contributed by atoms with van der Waals surface area (Å²) in [5.41, 5.74) is 0.207. The van der Waals surface area contributed by atoms with Crippen molar-refractivity contribution in [3.63, 3.8) is 0 Å². The number of carbonyl (C=O) groups is 2. The summed E-state index contributed by atoms with van der Waals surface area (Å²) in [4.78, 5) is 23.1. The lowest BCUT2D eigenvalue weighted by Crippen LogP contribution is -2.43. The molecular weight excluding hydrogens is 317 g/mol. The van der Waals surface area contributed by atoms with Crippen LogP contribution < -0.4 is 5.32 Å². The minimum atomic E-state index is -1.53. The standard InChI is InChI=1S/C14H17Cl2NO4/c1-7(2)3-11(14(20)21)17-13(19)12(18)8-4-9(15)6-10(16)5-8/h4-7,11-12,18H,3H2,1-2H3,(H,17,19)(H,20,21). The fraction of sp³-hybridized carbons (Fsp3) is 0.429. The Morgan fingerprint density at radius 1 is 1.19 bits per heavy atom. The Bertz CT molecular complexity index is 513. The van der Waals surface area contributed by atoms with E-state index in [2.05, 4.69) is 5.32 Å². The van der Waals surface area contributed by atoms with Crippen molar-refractivity contribution in [3.8, 4) is 0 Å². The van der Waals surface area contributed by atoms with Gasteiger partial charge in [0.1, 0.15) is 6.04 Å². The summed E-state index contributed by atoms with van der Waals surface area (Å²) in [5, 5.41) is 21.9. The summed E-state index contributed by atoms with van der Waals surface area (Å²) in [7, 11) is 0. The van der Waals surface area contributed by atoms with Crippen molar-refractivity contribution in [1.29, 1.82) is 0 Å². The van der Waals surface area contributed by atoms with Gasteiger partial charge in [0.2, 0.25) is 0 Å². The van der Waals surface area contributed by atoms with Crippen LogP contribution in [0.4, 0.5) is 0 Å². The molecule has 0 bridgehead atoms. The minimum Gasteiger partial charge on any atom is -0.480 e. The second kappa shape index (κ2) is 7.64. The van der Waals surface area contributed by atoms with Crippen LogP contribution in [0, 0.1) is 5.92 Å². The summed E-state index contributed by atoms with van der Waals surface area (Å²) in [6.45, 7) is 3.69. The van der Waals surface area contributed by atoms with E-state index < -0.39 is 24.0 Å². The third kappa shape index (κ3) is 5.53. The predicted molar refractivity (Wildman–Crippen MR) is 80.4 cm³/mol. The number of aliphatic carboxylic acids is 1. The van der Waals surface area contributed by atoms with E-state index in [4.69, 9.17) is 28.3 Å². The molecule has 0 saturated carbocycles. The zero-order valence-electron chi connectivity index (χ0n) is 11.6.